The number of ether oxygens (including phenoxy) is 6. The van der Waals surface area contributed by atoms with Gasteiger partial charge in [-0.1, -0.05) is 20.8 Å². The predicted molar refractivity (Wildman–Crippen MR) is 155 cm³/mol. The number of aryl methyl sites for hydroxylation is 1. The molecule has 41 heavy (non-hydrogen) atoms. The second-order valence-corrected chi connectivity index (χ2v) is 10.5. The summed E-state index contributed by atoms with van der Waals surface area (Å²) in [6.07, 6.45) is 0.321. The molecule has 1 N–H and O–H groups in total. The Morgan fingerprint density at radius 1 is 1.00 bits per heavy atom. The molecule has 228 valence electrons. The fourth-order valence-corrected chi connectivity index (χ4v) is 4.21. The van der Waals surface area contributed by atoms with Crippen molar-refractivity contribution in [2.75, 3.05) is 54.9 Å². The van der Waals surface area contributed by atoms with Crippen LogP contribution in [-0.2, 0) is 26.2 Å². The Morgan fingerprint density at radius 2 is 1.68 bits per heavy atom. The van der Waals surface area contributed by atoms with Crippen LogP contribution in [0.25, 0.3) is 5.65 Å². The summed E-state index contributed by atoms with van der Waals surface area (Å²) in [6.45, 7) is 9.42. The fraction of sp³-hybridized carbons (Fsp3) is 0.571. The van der Waals surface area contributed by atoms with Gasteiger partial charge in [-0.3, -0.25) is 10.2 Å². The van der Waals surface area contributed by atoms with Crippen LogP contribution in [0, 0.1) is 12.3 Å². The lowest BCUT2D eigenvalue weighted by atomic mass is 9.84. The fourth-order valence-electron chi connectivity index (χ4n) is 4.21. The molecule has 0 radical (unpaired) electrons. The van der Waals surface area contributed by atoms with Crippen LogP contribution in [0.3, 0.4) is 0 Å². The van der Waals surface area contributed by atoms with E-state index in [9.17, 15) is 4.79 Å². The molecule has 0 spiro atoms. The number of halogens is 1. The maximum atomic E-state index is 13.5. The van der Waals surface area contributed by atoms with E-state index < -0.39 is 0 Å². The Labute approximate surface area is 246 Å². The van der Waals surface area contributed by atoms with Gasteiger partial charge in [0.05, 0.1) is 26.9 Å². The van der Waals surface area contributed by atoms with Crippen molar-refractivity contribution in [3.05, 3.63) is 40.5 Å². The number of Topliss-reactive ketones (excluding diaryl/α,β-unsaturated/α-hetero) is 1. The van der Waals surface area contributed by atoms with Gasteiger partial charge in [0, 0.05) is 57.1 Å². The van der Waals surface area contributed by atoms with E-state index in [1.165, 1.54) is 9.20 Å². The number of rotatable bonds is 15. The summed E-state index contributed by atoms with van der Waals surface area (Å²) in [5.41, 5.74) is 2.09. The van der Waals surface area contributed by atoms with Gasteiger partial charge in [0.2, 0.25) is 11.5 Å². The summed E-state index contributed by atoms with van der Waals surface area (Å²) in [4.78, 5) is 13.5. The molecule has 12 nitrogen and oxygen atoms in total. The molecule has 0 atom stereocenters. The molecule has 0 saturated carbocycles. The highest BCUT2D eigenvalue weighted by molar-refractivity contribution is 5.97. The summed E-state index contributed by atoms with van der Waals surface area (Å²) in [5.74, 6) is 1.15. The van der Waals surface area contributed by atoms with Crippen LogP contribution in [0.15, 0.2) is 18.2 Å². The molecule has 2 aromatic heterocycles. The van der Waals surface area contributed by atoms with Crippen LogP contribution >= 0.6 is 12.4 Å². The standard InChI is InChI=1S/C28H41N5O7.ClH/c1-18-12-24(40-20(16-36-6)17-37-7)30-33-26(18)31-32(27(33)29)15-22(34)19-13-21(28(2,3)4)25(38-8)23(14-19)39-11-9-10-35-5;/h12-14,20,29H,9-11,15-17H2,1-8H3;1H. The van der Waals surface area contributed by atoms with Gasteiger partial charge in [0.15, 0.2) is 22.9 Å². The monoisotopic (exact) mass is 595 g/mol. The van der Waals surface area contributed by atoms with E-state index in [2.05, 4.69) is 10.2 Å². The molecule has 0 aliphatic carbocycles. The second-order valence-electron chi connectivity index (χ2n) is 10.5. The van der Waals surface area contributed by atoms with Crippen LogP contribution in [-0.4, -0.2) is 86.1 Å². The number of nitrogens with one attached hydrogen (secondary N) is 1. The number of carbonyl (C=O) groups is 1. The predicted octanol–water partition coefficient (Wildman–Crippen LogP) is 3.38. The molecular weight excluding hydrogens is 554 g/mol. The highest BCUT2D eigenvalue weighted by Crippen LogP contribution is 2.40. The maximum absolute atomic E-state index is 13.5. The average molecular weight is 596 g/mol. The van der Waals surface area contributed by atoms with Crippen molar-refractivity contribution in [3.8, 4) is 17.4 Å². The molecule has 1 aromatic carbocycles. The van der Waals surface area contributed by atoms with Gasteiger partial charge >= 0.3 is 0 Å². The lowest BCUT2D eigenvalue weighted by Gasteiger charge is -2.25. The smallest absolute Gasteiger partial charge is 0.242 e. The number of aromatic nitrogens is 4. The van der Waals surface area contributed by atoms with Gasteiger partial charge in [0.25, 0.3) is 0 Å². The van der Waals surface area contributed by atoms with Crippen molar-refractivity contribution in [1.82, 2.24) is 19.4 Å². The van der Waals surface area contributed by atoms with Crippen molar-refractivity contribution >= 4 is 23.8 Å². The molecule has 0 aliphatic rings. The highest BCUT2D eigenvalue weighted by atomic mass is 35.5. The number of ketones is 1. The molecular formula is C28H42ClN5O7. The van der Waals surface area contributed by atoms with Gasteiger partial charge in [0.1, 0.15) is 12.6 Å². The molecule has 2 heterocycles. The molecule has 0 fully saturated rings. The zero-order valence-corrected chi connectivity index (χ0v) is 25.9. The quantitative estimate of drug-likeness (QED) is 0.207. The minimum absolute atomic E-state index is 0. The first-order valence-corrected chi connectivity index (χ1v) is 13.1. The van der Waals surface area contributed by atoms with Gasteiger partial charge in [-0.05, 0) is 24.5 Å². The Hall–Kier alpha value is -3.19. The number of nitrogens with zero attached hydrogens (tertiary/aromatic N) is 4. The zero-order valence-electron chi connectivity index (χ0n) is 25.1. The van der Waals surface area contributed by atoms with Gasteiger partial charge in [-0.2, -0.15) is 4.52 Å². The first kappa shape index (κ1) is 34.0. The maximum Gasteiger partial charge on any atom is 0.242 e. The Morgan fingerprint density at radius 3 is 2.27 bits per heavy atom. The van der Waals surface area contributed by atoms with E-state index in [0.29, 0.717) is 61.4 Å². The molecule has 3 aromatic rings. The third-order valence-electron chi connectivity index (χ3n) is 6.18. The molecule has 0 unspecified atom stereocenters. The molecule has 13 heteroatoms. The number of fused-ring (bicyclic) bond motifs is 1. The summed E-state index contributed by atoms with van der Waals surface area (Å²) in [7, 11) is 6.39. The van der Waals surface area contributed by atoms with Crippen LogP contribution < -0.4 is 19.8 Å². The van der Waals surface area contributed by atoms with Gasteiger partial charge in [-0.15, -0.1) is 22.6 Å². The normalized spacial score (nSPS) is 11.5. The average Bonchev–Trinajstić information content (AvgIpc) is 3.21. The van der Waals surface area contributed by atoms with Crippen molar-refractivity contribution in [2.45, 2.75) is 52.2 Å². The summed E-state index contributed by atoms with van der Waals surface area (Å²) in [6, 6.07) is 5.24. The van der Waals surface area contributed by atoms with Crippen LogP contribution in [0.5, 0.6) is 17.4 Å². The van der Waals surface area contributed by atoms with Crippen molar-refractivity contribution in [1.29, 1.82) is 5.41 Å². The van der Waals surface area contributed by atoms with E-state index in [-0.39, 0.29) is 41.9 Å². The number of methoxy groups -OCH3 is 4. The molecule has 0 saturated heterocycles. The van der Waals surface area contributed by atoms with Crippen LogP contribution in [0.1, 0.15) is 48.7 Å². The van der Waals surface area contributed by atoms with Crippen molar-refractivity contribution in [2.24, 2.45) is 0 Å². The van der Waals surface area contributed by atoms with E-state index in [1.54, 1.807) is 40.6 Å². The SMILES string of the molecule is COCCCOc1cc(C(=O)Cn2nc3c(C)cc(OC(COC)COC)nn3c2=N)cc(C(C)(C)C)c1OC.Cl. The van der Waals surface area contributed by atoms with Gasteiger partial charge in [-0.25, -0.2) is 4.68 Å². The lowest BCUT2D eigenvalue weighted by molar-refractivity contribution is 0.0214. The lowest BCUT2D eigenvalue weighted by Crippen LogP contribution is -2.29. The Bertz CT molecular complexity index is 1360. The number of benzene rings is 1. The second kappa shape index (κ2) is 15.2. The Kier molecular flexibility index (Phi) is 12.6. The largest absolute Gasteiger partial charge is 0.493 e. The third-order valence-corrected chi connectivity index (χ3v) is 6.18. The molecule has 3 rings (SSSR count). The summed E-state index contributed by atoms with van der Waals surface area (Å²) < 4.78 is 35.8. The van der Waals surface area contributed by atoms with E-state index in [4.69, 9.17) is 33.8 Å². The zero-order chi connectivity index (χ0) is 29.4. The van der Waals surface area contributed by atoms with Crippen molar-refractivity contribution < 1.29 is 33.2 Å². The first-order valence-electron chi connectivity index (χ1n) is 13.1. The summed E-state index contributed by atoms with van der Waals surface area (Å²) >= 11 is 0. The molecule has 0 aliphatic heterocycles. The van der Waals surface area contributed by atoms with Crippen molar-refractivity contribution in [3.63, 3.8) is 0 Å². The highest BCUT2D eigenvalue weighted by Gasteiger charge is 2.25. The number of carbonyl (C=O) groups excluding carboxylic acids is 1. The number of hydrogen-bond donors (Lipinski definition) is 1. The summed E-state index contributed by atoms with van der Waals surface area (Å²) in [5, 5.41) is 17.6. The van der Waals surface area contributed by atoms with E-state index in [0.717, 1.165) is 11.1 Å². The minimum Gasteiger partial charge on any atom is -0.493 e. The minimum atomic E-state index is -0.372. The third kappa shape index (κ3) is 8.41. The van der Waals surface area contributed by atoms with E-state index >= 15 is 0 Å². The van der Waals surface area contributed by atoms with E-state index in [1.807, 2.05) is 33.8 Å². The first-order chi connectivity index (χ1) is 19.0. The van der Waals surface area contributed by atoms with Crippen LogP contribution in [0.2, 0.25) is 0 Å². The Balaban J connectivity index is 0.00000588. The topological polar surface area (TPSA) is 131 Å². The van der Waals surface area contributed by atoms with Gasteiger partial charge < -0.3 is 28.4 Å². The number of hydrogen-bond acceptors (Lipinski definition) is 10. The van der Waals surface area contributed by atoms with Crippen LogP contribution in [0.4, 0.5) is 0 Å². The molecule has 0 bridgehead atoms. The molecule has 0 amide bonds.